The third kappa shape index (κ3) is 30.8. The largest absolute Gasteiger partial charge is 0.481 e. The molecule has 2 heterocycles. The molecule has 3 aromatic carbocycles. The minimum atomic E-state index is -1.13. The van der Waals surface area contributed by atoms with E-state index in [2.05, 4.69) is 90.7 Å². The molecule has 0 saturated heterocycles. The highest BCUT2D eigenvalue weighted by atomic mass is 16.6. The van der Waals surface area contributed by atoms with E-state index in [1.807, 2.05) is 104 Å². The van der Waals surface area contributed by atoms with Crippen LogP contribution in [0, 0.1) is 11.3 Å². The first-order chi connectivity index (χ1) is 55.2. The van der Waals surface area contributed by atoms with Crippen molar-refractivity contribution >= 4 is 54.0 Å². The number of esters is 4. The number of nitrogens with zero attached hydrogens (tertiary/aromatic N) is 7. The number of amides is 3. The summed E-state index contributed by atoms with van der Waals surface area (Å²) in [5, 5.41) is 35.5. The highest BCUT2D eigenvalue weighted by Crippen LogP contribution is 2.54. The Bertz CT molecular complexity index is 4230. The van der Waals surface area contributed by atoms with Crippen molar-refractivity contribution in [2.75, 3.05) is 19.6 Å². The molecule has 0 aliphatic heterocycles. The topological polar surface area (TPSA) is 414 Å². The molecule has 0 spiro atoms. The predicted octanol–water partition coefficient (Wildman–Crippen LogP) is 14.4. The number of nitrogens with two attached hydrogens (primary N) is 2. The number of amidine groups is 1. The van der Waals surface area contributed by atoms with Gasteiger partial charge in [0.2, 0.25) is 11.8 Å². The van der Waals surface area contributed by atoms with Gasteiger partial charge in [-0.25, -0.2) is 19.2 Å². The number of hydrogen-bond acceptors (Lipinski definition) is 25. The van der Waals surface area contributed by atoms with Crippen LogP contribution >= 0.6 is 0 Å². The molecule has 656 valence electrons. The summed E-state index contributed by atoms with van der Waals surface area (Å²) in [7, 11) is 0. The van der Waals surface area contributed by atoms with Crippen LogP contribution in [0.3, 0.4) is 0 Å². The molecule has 6 aliphatic carbocycles. The first-order valence-corrected chi connectivity index (χ1v) is 41.6. The fourth-order valence-electron chi connectivity index (χ4n) is 13.5. The lowest BCUT2D eigenvalue weighted by Gasteiger charge is -2.30. The van der Waals surface area contributed by atoms with Crippen molar-refractivity contribution in [2.45, 2.75) is 340 Å². The van der Waals surface area contributed by atoms with Crippen molar-refractivity contribution in [2.24, 2.45) is 28.0 Å². The van der Waals surface area contributed by atoms with Crippen LogP contribution in [0.15, 0.2) is 105 Å². The number of aromatic nitrogens is 4. The second-order valence-electron chi connectivity index (χ2n) is 39.4. The van der Waals surface area contributed by atoms with Crippen molar-refractivity contribution in [3.8, 4) is 0 Å². The average molecular weight is 1660 g/mol. The van der Waals surface area contributed by atoms with Crippen LogP contribution in [-0.2, 0) is 80.8 Å². The number of rotatable bonds is 29. The molecule has 6 aliphatic rings. The normalized spacial score (nSPS) is 20.3. The number of oxime groups is 1. The van der Waals surface area contributed by atoms with Crippen molar-refractivity contribution in [3.63, 3.8) is 0 Å². The number of benzene rings is 3. The maximum absolute atomic E-state index is 13.4. The zero-order chi connectivity index (χ0) is 88.2. The molecule has 6 saturated carbocycles. The molecule has 11 rings (SSSR count). The lowest BCUT2D eigenvalue weighted by atomic mass is 10.0. The number of ether oxygens (including phenoxy) is 7. The van der Waals surface area contributed by atoms with E-state index in [1.54, 1.807) is 88.0 Å². The van der Waals surface area contributed by atoms with Gasteiger partial charge in [0.05, 0.1) is 5.41 Å². The van der Waals surface area contributed by atoms with Gasteiger partial charge in [-0.3, -0.25) is 19.2 Å². The summed E-state index contributed by atoms with van der Waals surface area (Å²) in [6.45, 7) is 39.0. The van der Waals surface area contributed by atoms with Gasteiger partial charge >= 0.3 is 48.1 Å². The number of carbonyl (C=O) groups is 8. The summed E-state index contributed by atoms with van der Waals surface area (Å²) < 4.78 is 49.0. The van der Waals surface area contributed by atoms with Crippen LogP contribution in [0.2, 0.25) is 0 Å². The molecule has 2 aromatic heterocycles. The SMILES string of the molecule is CC(C)(C)OC(=O)C(CCc1nc(C2(CN(C(=O)OC(C)(C)C)[C@@H]3C[C@H]3c3ccccc3)CC2)no1)C(=O)OC(C)(C)C.CC(C)(C)OC(=O)N(CC1(C(N)=NO)CC1)[C@@H]1C[C@H]1c1ccccc1.CC(C)(C)OC(=O)N[C@@H](CCC(=O)O)C(=O)OC(C)(C)C.CC(C)(C)OC(=O)[C@@H](N)CCc1nc(C2(CN[C@@H]3C[C@H]3c3ccccc3)CC2)no1. The molecule has 119 heavy (non-hydrogen) atoms. The Kier molecular flexibility index (Phi) is 30.5. The van der Waals surface area contributed by atoms with Gasteiger partial charge in [0, 0.05) is 85.6 Å². The number of carboxylic acid groups (broad SMARTS) is 1. The Morgan fingerprint density at radius 2 is 0.882 bits per heavy atom. The Morgan fingerprint density at radius 1 is 0.496 bits per heavy atom. The lowest BCUT2D eigenvalue weighted by Crippen LogP contribution is -2.46. The van der Waals surface area contributed by atoms with E-state index in [0.717, 1.165) is 63.7 Å². The van der Waals surface area contributed by atoms with E-state index < -0.39 is 104 Å². The van der Waals surface area contributed by atoms with Gasteiger partial charge < -0.3 is 84.4 Å². The summed E-state index contributed by atoms with van der Waals surface area (Å²) in [5.74, 6) is -1.04. The standard InChI is InChI=1S/C33H47N3O7.C23H32N4O3.C19H27N3O3.C14H25NO6/c1-30(2,3)40-26(37)22(27(38)41-31(4,5)6)15-16-25-34-28(35-43-25)33(17-18-33)20-36(29(39)42-32(7,8)9)24-19-23(24)21-13-11-10-12-14-21;1-22(2,3)29-20(28)17(24)9-10-19-26-21(27-30-19)23(11-12-23)14-25-18-13-16(18)15-7-5-4-6-8-15;1-18(2,3)25-17(23)22(12-19(9-10-19)16(20)21-24)15-11-14(15)13-7-5-4-6-8-13;1-13(2,3)20-11(18)9(7-8-10(16)17)15-12(19)21-14(4,5)6/h10-14,22-24H,15-20H2,1-9H3;4-8,16-18,25H,9-14,24H2,1-3H3;4-8,14-15,24H,9-12H2,1-3H3,(H2,20,21);9H,7-8H2,1-6H3,(H,15,19)(H,16,17)/t23-,24+;16-,17-,18+;14-,15+;9-/m0000/s1. The summed E-state index contributed by atoms with van der Waals surface area (Å²) in [5.41, 5.74) is 10.1. The van der Waals surface area contributed by atoms with Crippen molar-refractivity contribution in [3.05, 3.63) is 131 Å². The molecule has 30 nitrogen and oxygen atoms in total. The number of hydrogen-bond donors (Lipinski definition) is 6. The van der Waals surface area contributed by atoms with Gasteiger partial charge in [-0.15, -0.1) is 0 Å². The molecule has 30 heteroatoms. The minimum absolute atomic E-state index is 0.0150. The molecule has 8 N–H and O–H groups in total. The summed E-state index contributed by atoms with van der Waals surface area (Å²) >= 11 is 0. The van der Waals surface area contributed by atoms with Gasteiger partial charge in [-0.1, -0.05) is 106 Å². The number of alkyl carbamates (subject to hydrolysis) is 1. The van der Waals surface area contributed by atoms with E-state index in [4.69, 9.17) is 64.0 Å². The number of carbonyl (C=O) groups excluding carboxylic acids is 7. The van der Waals surface area contributed by atoms with E-state index in [0.29, 0.717) is 61.4 Å². The number of aliphatic carboxylic acids is 1. The van der Waals surface area contributed by atoms with Crippen LogP contribution in [-0.4, -0.2) is 183 Å². The van der Waals surface area contributed by atoms with Crippen molar-refractivity contribution in [1.82, 2.24) is 40.7 Å². The number of carboxylic acids is 1. The van der Waals surface area contributed by atoms with Crippen LogP contribution in [0.1, 0.15) is 287 Å². The Balaban J connectivity index is 0.000000205. The summed E-state index contributed by atoms with van der Waals surface area (Å²) in [6.07, 6.45) is 7.77. The molecule has 0 radical (unpaired) electrons. The number of nitrogens with one attached hydrogen (secondary N) is 2. The molecule has 6 fully saturated rings. The lowest BCUT2D eigenvalue weighted by molar-refractivity contribution is -0.175. The summed E-state index contributed by atoms with van der Waals surface area (Å²) in [6, 6.07) is 30.0. The minimum Gasteiger partial charge on any atom is -0.481 e. The first kappa shape index (κ1) is 94.8. The Morgan fingerprint density at radius 3 is 1.28 bits per heavy atom. The first-order valence-electron chi connectivity index (χ1n) is 41.6. The van der Waals surface area contributed by atoms with Crippen LogP contribution in [0.4, 0.5) is 14.4 Å². The monoisotopic (exact) mass is 1660 g/mol. The average Bonchev–Trinajstić information content (AvgIpc) is 1.59. The van der Waals surface area contributed by atoms with Gasteiger partial charge in [-0.2, -0.15) is 9.97 Å². The maximum atomic E-state index is 13.4. The molecule has 5 aromatic rings. The summed E-state index contributed by atoms with van der Waals surface area (Å²) in [4.78, 5) is 111. The Hall–Kier alpha value is -9.71. The Labute approximate surface area is 700 Å². The van der Waals surface area contributed by atoms with Gasteiger partial charge in [0.1, 0.15) is 57.1 Å². The van der Waals surface area contributed by atoms with Crippen LogP contribution in [0.25, 0.3) is 0 Å². The van der Waals surface area contributed by atoms with Crippen LogP contribution < -0.4 is 22.1 Å². The molecule has 8 atom stereocenters. The quantitative estimate of drug-likeness (QED) is 0.00492. The molecule has 0 bridgehead atoms. The van der Waals surface area contributed by atoms with E-state index in [9.17, 15) is 38.4 Å². The zero-order valence-corrected chi connectivity index (χ0v) is 73.7. The molecular weight excluding hydrogens is 1530 g/mol. The fourth-order valence-corrected chi connectivity index (χ4v) is 13.5. The molecule has 0 unspecified atom stereocenters. The molecule has 3 amide bonds. The third-order valence-electron chi connectivity index (χ3n) is 20.2. The van der Waals surface area contributed by atoms with Crippen molar-refractivity contribution < 1.29 is 90.9 Å². The smallest absolute Gasteiger partial charge is 0.410 e. The van der Waals surface area contributed by atoms with E-state index >= 15 is 0 Å². The van der Waals surface area contributed by atoms with Gasteiger partial charge in [0.15, 0.2) is 17.6 Å². The second-order valence-corrected chi connectivity index (χ2v) is 39.4. The maximum Gasteiger partial charge on any atom is 0.410 e. The van der Waals surface area contributed by atoms with E-state index in [1.165, 1.54) is 23.1 Å². The third-order valence-corrected chi connectivity index (χ3v) is 20.2. The van der Waals surface area contributed by atoms with Gasteiger partial charge in [-0.05, 0) is 239 Å². The van der Waals surface area contributed by atoms with Crippen LogP contribution in [0.5, 0.6) is 0 Å². The highest BCUT2D eigenvalue weighted by molar-refractivity contribution is 5.95. The van der Waals surface area contributed by atoms with Gasteiger partial charge in [0.25, 0.3) is 0 Å². The van der Waals surface area contributed by atoms with E-state index in [-0.39, 0.29) is 67.1 Å². The highest BCUT2D eigenvalue weighted by Gasteiger charge is 2.57. The predicted molar refractivity (Wildman–Crippen MR) is 444 cm³/mol. The van der Waals surface area contributed by atoms with Crippen molar-refractivity contribution in [1.29, 1.82) is 0 Å². The molecular formula is C89H131N11O19. The zero-order valence-electron chi connectivity index (χ0n) is 73.7. The number of aryl methyl sites for hydroxylation is 2. The fraction of sp³-hybridized carbons (Fsp3) is 0.652. The second kappa shape index (κ2) is 38.3.